The molecule has 0 atom stereocenters. The molecule has 0 saturated heterocycles. The third-order valence-corrected chi connectivity index (χ3v) is 4.43. The molecular weight excluding hydrogens is 365 g/mol. The zero-order chi connectivity index (χ0) is 17.4. The highest BCUT2D eigenvalue weighted by Crippen LogP contribution is 2.36. The van der Waals surface area contributed by atoms with Crippen molar-refractivity contribution in [2.45, 2.75) is 11.1 Å². The van der Waals surface area contributed by atoms with Crippen LogP contribution in [0.4, 0.5) is 27.6 Å². The number of hydrogen-bond acceptors (Lipinski definition) is 2. The van der Waals surface area contributed by atoms with Crippen molar-refractivity contribution in [1.82, 2.24) is 0 Å². The first kappa shape index (κ1) is 17.5. The van der Waals surface area contributed by atoms with E-state index in [1.807, 2.05) is 4.72 Å². The summed E-state index contributed by atoms with van der Waals surface area (Å²) < 4.78 is 90.1. The second-order valence-electron chi connectivity index (χ2n) is 4.37. The Morgan fingerprint density at radius 1 is 0.957 bits per heavy atom. The lowest BCUT2D eigenvalue weighted by Gasteiger charge is -2.12. The molecule has 0 heterocycles. The summed E-state index contributed by atoms with van der Waals surface area (Å²) in [6.45, 7) is 0. The van der Waals surface area contributed by atoms with Gasteiger partial charge in [-0.05, 0) is 30.3 Å². The molecule has 0 saturated carbocycles. The minimum absolute atomic E-state index is 0.340. The molecule has 0 aliphatic heterocycles. The van der Waals surface area contributed by atoms with E-state index in [-0.39, 0.29) is 5.69 Å². The zero-order valence-electron chi connectivity index (χ0n) is 11.0. The first-order valence-corrected chi connectivity index (χ1v) is 7.71. The van der Waals surface area contributed by atoms with E-state index >= 15 is 0 Å². The molecule has 3 nitrogen and oxygen atoms in total. The topological polar surface area (TPSA) is 46.2 Å². The van der Waals surface area contributed by atoms with Gasteiger partial charge < -0.3 is 0 Å². The zero-order valence-corrected chi connectivity index (χ0v) is 12.5. The molecule has 0 spiro atoms. The van der Waals surface area contributed by atoms with Crippen molar-refractivity contribution in [3.8, 4) is 0 Å². The average Bonchev–Trinajstić information content (AvgIpc) is 2.41. The molecule has 0 aliphatic carbocycles. The Hall–Kier alpha value is -1.87. The van der Waals surface area contributed by atoms with Crippen LogP contribution in [0.5, 0.6) is 0 Å². The van der Waals surface area contributed by atoms with Crippen LogP contribution in [0.15, 0.2) is 41.3 Å². The summed E-state index contributed by atoms with van der Waals surface area (Å²) in [5.74, 6) is -2.50. The Bertz CT molecular complexity index is 852. The van der Waals surface area contributed by atoms with Gasteiger partial charge in [0.15, 0.2) is 11.6 Å². The van der Waals surface area contributed by atoms with Crippen molar-refractivity contribution in [3.63, 3.8) is 0 Å². The number of nitrogens with one attached hydrogen (secondary N) is 1. The van der Waals surface area contributed by atoms with Crippen LogP contribution in [-0.4, -0.2) is 8.42 Å². The van der Waals surface area contributed by atoms with Crippen molar-refractivity contribution in [3.05, 3.63) is 58.6 Å². The van der Waals surface area contributed by atoms with Gasteiger partial charge in [-0.1, -0.05) is 11.6 Å². The minimum Gasteiger partial charge on any atom is -0.280 e. The van der Waals surface area contributed by atoms with Crippen LogP contribution in [0.1, 0.15) is 5.56 Å². The summed E-state index contributed by atoms with van der Waals surface area (Å²) in [4.78, 5) is -0.723. The van der Waals surface area contributed by atoms with E-state index in [2.05, 4.69) is 0 Å². The summed E-state index contributed by atoms with van der Waals surface area (Å²) in [6.07, 6.45) is -4.84. The van der Waals surface area contributed by atoms with Crippen LogP contribution in [0, 0.1) is 11.6 Å². The number of rotatable bonds is 3. The molecule has 124 valence electrons. The normalized spacial score (nSPS) is 12.3. The highest BCUT2D eigenvalue weighted by Gasteiger charge is 2.34. The number of halogens is 6. The minimum atomic E-state index is -4.84. The Morgan fingerprint density at radius 3 is 2.17 bits per heavy atom. The maximum Gasteiger partial charge on any atom is 0.417 e. The fourth-order valence-electron chi connectivity index (χ4n) is 1.66. The summed E-state index contributed by atoms with van der Waals surface area (Å²) in [5.41, 5.74) is -1.67. The summed E-state index contributed by atoms with van der Waals surface area (Å²) >= 11 is 5.40. The molecular formula is C13H7ClF5NO2S. The predicted octanol–water partition coefficient (Wildman–Crippen LogP) is 4.44. The molecule has 1 N–H and O–H groups in total. The van der Waals surface area contributed by atoms with Crippen molar-refractivity contribution >= 4 is 27.3 Å². The largest absolute Gasteiger partial charge is 0.417 e. The van der Waals surface area contributed by atoms with Gasteiger partial charge in [0.05, 0.1) is 21.2 Å². The predicted molar refractivity (Wildman–Crippen MR) is 73.6 cm³/mol. The summed E-state index contributed by atoms with van der Waals surface area (Å²) in [6, 6.07) is 4.16. The van der Waals surface area contributed by atoms with Gasteiger partial charge in [0.25, 0.3) is 10.0 Å². The van der Waals surface area contributed by atoms with Crippen LogP contribution in [0.2, 0.25) is 5.02 Å². The maximum absolute atomic E-state index is 13.1. The monoisotopic (exact) mass is 371 g/mol. The van der Waals surface area contributed by atoms with E-state index in [0.717, 1.165) is 18.2 Å². The third-order valence-electron chi connectivity index (χ3n) is 2.73. The molecule has 0 aromatic heterocycles. The molecule has 0 bridgehead atoms. The lowest BCUT2D eigenvalue weighted by molar-refractivity contribution is -0.137. The van der Waals surface area contributed by atoms with Gasteiger partial charge in [0, 0.05) is 6.07 Å². The van der Waals surface area contributed by atoms with E-state index in [0.29, 0.717) is 18.2 Å². The first-order valence-electron chi connectivity index (χ1n) is 5.85. The Morgan fingerprint density at radius 2 is 1.61 bits per heavy atom. The van der Waals surface area contributed by atoms with Crippen LogP contribution in [0.25, 0.3) is 0 Å². The molecule has 2 aromatic carbocycles. The van der Waals surface area contributed by atoms with E-state index in [1.54, 1.807) is 0 Å². The average molecular weight is 372 g/mol. The third kappa shape index (κ3) is 3.91. The molecule has 0 fully saturated rings. The fourth-order valence-corrected chi connectivity index (χ4v) is 2.96. The van der Waals surface area contributed by atoms with E-state index in [4.69, 9.17) is 11.6 Å². The quantitative estimate of drug-likeness (QED) is 0.811. The summed E-state index contributed by atoms with van der Waals surface area (Å²) in [7, 11) is -4.44. The molecule has 0 radical (unpaired) electrons. The fraction of sp³-hybridized carbons (Fsp3) is 0.0769. The van der Waals surface area contributed by atoms with Crippen molar-refractivity contribution in [2.75, 3.05) is 4.72 Å². The second-order valence-corrected chi connectivity index (χ2v) is 6.46. The molecule has 0 unspecified atom stereocenters. The SMILES string of the molecule is O=S(=O)(Nc1ccc(F)c(F)c1)c1ccc(Cl)c(C(F)(F)F)c1. The number of hydrogen-bond donors (Lipinski definition) is 1. The maximum atomic E-state index is 13.1. The van der Waals surface area contributed by atoms with E-state index < -0.39 is 43.3 Å². The van der Waals surface area contributed by atoms with Crippen molar-refractivity contribution in [1.29, 1.82) is 0 Å². The highest BCUT2D eigenvalue weighted by molar-refractivity contribution is 7.92. The standard InChI is InChI=1S/C13H7ClF5NO2S/c14-10-3-2-8(6-9(10)13(17,18)19)23(21,22)20-7-1-4-11(15)12(16)5-7/h1-6,20H. The van der Waals surface area contributed by atoms with Gasteiger partial charge in [-0.3, -0.25) is 4.72 Å². The number of alkyl halides is 3. The number of anilines is 1. The van der Waals surface area contributed by atoms with Gasteiger partial charge >= 0.3 is 6.18 Å². The molecule has 10 heteroatoms. The molecule has 0 aliphatic rings. The highest BCUT2D eigenvalue weighted by atomic mass is 35.5. The van der Waals surface area contributed by atoms with Gasteiger partial charge in [-0.15, -0.1) is 0 Å². The van der Waals surface area contributed by atoms with Crippen molar-refractivity contribution in [2.24, 2.45) is 0 Å². The van der Waals surface area contributed by atoms with E-state index in [9.17, 15) is 30.4 Å². The first-order chi connectivity index (χ1) is 10.5. The molecule has 2 rings (SSSR count). The summed E-state index contributed by atoms with van der Waals surface area (Å²) in [5, 5.41) is -0.663. The van der Waals surface area contributed by atoms with E-state index in [1.165, 1.54) is 0 Å². The van der Waals surface area contributed by atoms with Crippen LogP contribution >= 0.6 is 11.6 Å². The molecule has 0 amide bonds. The Kier molecular flexibility index (Phi) is 4.54. The Balaban J connectivity index is 2.42. The lowest BCUT2D eigenvalue weighted by Crippen LogP contribution is -2.15. The number of sulfonamides is 1. The van der Waals surface area contributed by atoms with Crippen LogP contribution in [0.3, 0.4) is 0 Å². The van der Waals surface area contributed by atoms with Gasteiger partial charge in [0.2, 0.25) is 0 Å². The Labute approximate surface area is 132 Å². The van der Waals surface area contributed by atoms with Crippen LogP contribution < -0.4 is 4.72 Å². The molecule has 23 heavy (non-hydrogen) atoms. The van der Waals surface area contributed by atoms with Crippen molar-refractivity contribution < 1.29 is 30.4 Å². The second kappa shape index (κ2) is 5.97. The number of benzene rings is 2. The van der Waals surface area contributed by atoms with Crippen LogP contribution in [-0.2, 0) is 16.2 Å². The van der Waals surface area contributed by atoms with Gasteiger partial charge in [-0.2, -0.15) is 13.2 Å². The smallest absolute Gasteiger partial charge is 0.280 e. The lowest BCUT2D eigenvalue weighted by atomic mass is 10.2. The van der Waals surface area contributed by atoms with Gasteiger partial charge in [0.1, 0.15) is 0 Å². The van der Waals surface area contributed by atoms with Gasteiger partial charge in [-0.25, -0.2) is 17.2 Å². The molecule has 2 aromatic rings.